The standard InChI is InChI=1S/C16H19FN2OS/c1-10-7-11(17)3-6-13(10)16-19-14(9-20-2)15(21-16)8-18-12-4-5-12/h3,6-7,12,18H,4-5,8-9H2,1-2H3. The predicted molar refractivity (Wildman–Crippen MR) is 82.8 cm³/mol. The summed E-state index contributed by atoms with van der Waals surface area (Å²) in [6.45, 7) is 3.26. The third-order valence-electron chi connectivity index (χ3n) is 3.61. The van der Waals surface area contributed by atoms with Gasteiger partial charge in [-0.15, -0.1) is 11.3 Å². The molecule has 1 aliphatic carbocycles. The Bertz CT molecular complexity index is 637. The van der Waals surface area contributed by atoms with Crippen LogP contribution >= 0.6 is 11.3 Å². The maximum absolute atomic E-state index is 13.2. The Balaban J connectivity index is 1.88. The van der Waals surface area contributed by atoms with Crippen molar-refractivity contribution < 1.29 is 9.13 Å². The van der Waals surface area contributed by atoms with Gasteiger partial charge in [0.25, 0.3) is 0 Å². The van der Waals surface area contributed by atoms with E-state index in [9.17, 15) is 4.39 Å². The van der Waals surface area contributed by atoms with Gasteiger partial charge in [-0.2, -0.15) is 0 Å². The first-order valence-corrected chi connectivity index (χ1v) is 7.96. The molecular formula is C16H19FN2OS. The van der Waals surface area contributed by atoms with E-state index >= 15 is 0 Å². The number of hydrogen-bond donors (Lipinski definition) is 1. The van der Waals surface area contributed by atoms with Crippen molar-refractivity contribution in [3.8, 4) is 10.6 Å². The number of halogens is 1. The molecule has 0 bridgehead atoms. The monoisotopic (exact) mass is 306 g/mol. The molecule has 0 radical (unpaired) electrons. The van der Waals surface area contributed by atoms with Crippen LogP contribution in [-0.2, 0) is 17.9 Å². The van der Waals surface area contributed by atoms with E-state index in [1.807, 2.05) is 6.92 Å². The number of nitrogens with zero attached hydrogens (tertiary/aromatic N) is 1. The lowest BCUT2D eigenvalue weighted by molar-refractivity contribution is 0.181. The summed E-state index contributed by atoms with van der Waals surface area (Å²) < 4.78 is 18.5. The number of aryl methyl sites for hydroxylation is 1. The maximum Gasteiger partial charge on any atom is 0.124 e. The van der Waals surface area contributed by atoms with E-state index in [1.54, 1.807) is 30.6 Å². The number of ether oxygens (including phenoxy) is 1. The molecule has 5 heteroatoms. The third kappa shape index (κ3) is 3.48. The Labute approximate surface area is 128 Å². The molecule has 1 N–H and O–H groups in total. The van der Waals surface area contributed by atoms with Crippen LogP contribution in [0.15, 0.2) is 18.2 Å². The number of thiazole rings is 1. The van der Waals surface area contributed by atoms with Crippen LogP contribution in [-0.4, -0.2) is 18.1 Å². The van der Waals surface area contributed by atoms with Gasteiger partial charge in [-0.3, -0.25) is 0 Å². The molecule has 21 heavy (non-hydrogen) atoms. The molecule has 3 rings (SSSR count). The second-order valence-electron chi connectivity index (χ2n) is 5.44. The molecular weight excluding hydrogens is 287 g/mol. The maximum atomic E-state index is 13.2. The van der Waals surface area contributed by atoms with E-state index in [0.29, 0.717) is 12.6 Å². The highest BCUT2D eigenvalue weighted by Gasteiger charge is 2.22. The second kappa shape index (κ2) is 6.22. The highest BCUT2D eigenvalue weighted by molar-refractivity contribution is 7.15. The lowest BCUT2D eigenvalue weighted by Crippen LogP contribution is -2.15. The molecule has 0 saturated heterocycles. The molecule has 0 unspecified atom stereocenters. The van der Waals surface area contributed by atoms with E-state index in [1.165, 1.54) is 23.8 Å². The van der Waals surface area contributed by atoms with Crippen LogP contribution < -0.4 is 5.32 Å². The van der Waals surface area contributed by atoms with Crippen molar-refractivity contribution in [2.75, 3.05) is 7.11 Å². The highest BCUT2D eigenvalue weighted by Crippen LogP contribution is 2.31. The Hall–Kier alpha value is -1.30. The minimum Gasteiger partial charge on any atom is -0.378 e. The van der Waals surface area contributed by atoms with Crippen LogP contribution in [0.3, 0.4) is 0 Å². The van der Waals surface area contributed by atoms with Crippen LogP contribution in [0.5, 0.6) is 0 Å². The fourth-order valence-electron chi connectivity index (χ4n) is 2.28. The topological polar surface area (TPSA) is 34.1 Å². The molecule has 1 aromatic carbocycles. The van der Waals surface area contributed by atoms with E-state index in [-0.39, 0.29) is 5.82 Å². The molecule has 0 amide bonds. The van der Waals surface area contributed by atoms with E-state index < -0.39 is 0 Å². The first-order valence-electron chi connectivity index (χ1n) is 7.15. The molecule has 0 atom stereocenters. The zero-order chi connectivity index (χ0) is 14.8. The number of nitrogens with one attached hydrogen (secondary N) is 1. The van der Waals surface area contributed by atoms with Crippen molar-refractivity contribution in [1.82, 2.24) is 10.3 Å². The van der Waals surface area contributed by atoms with Crippen LogP contribution in [0, 0.1) is 12.7 Å². The molecule has 1 aromatic heterocycles. The molecule has 1 saturated carbocycles. The van der Waals surface area contributed by atoms with Crippen LogP contribution in [0.1, 0.15) is 29.0 Å². The Morgan fingerprint density at radius 2 is 2.24 bits per heavy atom. The second-order valence-corrected chi connectivity index (χ2v) is 6.52. The van der Waals surface area contributed by atoms with Crippen molar-refractivity contribution in [3.63, 3.8) is 0 Å². The molecule has 1 fully saturated rings. The zero-order valence-corrected chi connectivity index (χ0v) is 13.1. The number of rotatable bonds is 6. The van der Waals surface area contributed by atoms with Crippen molar-refractivity contribution >= 4 is 11.3 Å². The third-order valence-corrected chi connectivity index (χ3v) is 4.74. The van der Waals surface area contributed by atoms with E-state index in [2.05, 4.69) is 5.32 Å². The first kappa shape index (κ1) is 14.6. The van der Waals surface area contributed by atoms with Gasteiger partial charge >= 0.3 is 0 Å². The van der Waals surface area contributed by atoms with Crippen LogP contribution in [0.25, 0.3) is 10.6 Å². The minimum absolute atomic E-state index is 0.208. The predicted octanol–water partition coefficient (Wildman–Crippen LogP) is 3.66. The van der Waals surface area contributed by atoms with Gasteiger partial charge in [-0.1, -0.05) is 0 Å². The zero-order valence-electron chi connectivity index (χ0n) is 12.3. The van der Waals surface area contributed by atoms with Gasteiger partial charge in [-0.25, -0.2) is 9.37 Å². The molecule has 112 valence electrons. The fraction of sp³-hybridized carbons (Fsp3) is 0.438. The summed E-state index contributed by atoms with van der Waals surface area (Å²) >= 11 is 1.67. The number of hydrogen-bond acceptors (Lipinski definition) is 4. The average molecular weight is 306 g/mol. The number of aromatic nitrogens is 1. The molecule has 1 heterocycles. The summed E-state index contributed by atoms with van der Waals surface area (Å²) in [5, 5.41) is 4.45. The van der Waals surface area contributed by atoms with Crippen molar-refractivity contribution in [2.45, 2.75) is 39.0 Å². The van der Waals surface area contributed by atoms with Gasteiger partial charge in [-0.05, 0) is 43.5 Å². The van der Waals surface area contributed by atoms with Gasteiger partial charge in [0.1, 0.15) is 10.8 Å². The SMILES string of the molecule is COCc1nc(-c2ccc(F)cc2C)sc1CNC1CC1. The van der Waals surface area contributed by atoms with Crippen molar-refractivity contribution in [2.24, 2.45) is 0 Å². The minimum atomic E-state index is -0.208. The van der Waals surface area contributed by atoms with Crippen LogP contribution in [0.2, 0.25) is 0 Å². The molecule has 2 aromatic rings. The Kier molecular flexibility index (Phi) is 4.33. The largest absolute Gasteiger partial charge is 0.378 e. The summed E-state index contributed by atoms with van der Waals surface area (Å²) in [7, 11) is 1.68. The summed E-state index contributed by atoms with van der Waals surface area (Å²) in [6, 6.07) is 5.51. The van der Waals surface area contributed by atoms with E-state index in [4.69, 9.17) is 9.72 Å². The molecule has 3 nitrogen and oxygen atoms in total. The Morgan fingerprint density at radius 1 is 1.43 bits per heavy atom. The van der Waals surface area contributed by atoms with Crippen molar-refractivity contribution in [1.29, 1.82) is 0 Å². The van der Waals surface area contributed by atoms with Crippen LogP contribution in [0.4, 0.5) is 4.39 Å². The smallest absolute Gasteiger partial charge is 0.124 e. The summed E-state index contributed by atoms with van der Waals surface area (Å²) in [4.78, 5) is 5.90. The lowest BCUT2D eigenvalue weighted by Gasteiger charge is -2.02. The summed E-state index contributed by atoms with van der Waals surface area (Å²) in [5.74, 6) is -0.208. The highest BCUT2D eigenvalue weighted by atomic mass is 32.1. The number of benzene rings is 1. The molecule has 1 aliphatic rings. The van der Waals surface area contributed by atoms with Gasteiger partial charge in [0.05, 0.1) is 12.3 Å². The van der Waals surface area contributed by atoms with Gasteiger partial charge in [0.15, 0.2) is 0 Å². The van der Waals surface area contributed by atoms with E-state index in [0.717, 1.165) is 28.4 Å². The quantitative estimate of drug-likeness (QED) is 0.884. The summed E-state index contributed by atoms with van der Waals surface area (Å²) in [5.41, 5.74) is 2.89. The lowest BCUT2D eigenvalue weighted by atomic mass is 10.1. The van der Waals surface area contributed by atoms with Crippen molar-refractivity contribution in [3.05, 3.63) is 40.2 Å². The Morgan fingerprint density at radius 3 is 2.90 bits per heavy atom. The molecule has 0 aliphatic heterocycles. The van der Waals surface area contributed by atoms with Gasteiger partial charge < -0.3 is 10.1 Å². The fourth-order valence-corrected chi connectivity index (χ4v) is 3.38. The normalized spacial score (nSPS) is 14.6. The number of methoxy groups -OCH3 is 1. The first-order chi connectivity index (χ1) is 10.2. The molecule has 0 spiro atoms. The average Bonchev–Trinajstić information content (AvgIpc) is 3.19. The van der Waals surface area contributed by atoms with Gasteiger partial charge in [0.2, 0.25) is 0 Å². The summed E-state index contributed by atoms with van der Waals surface area (Å²) in [6.07, 6.45) is 2.53. The van der Waals surface area contributed by atoms with Gasteiger partial charge in [0, 0.05) is 30.1 Å².